The summed E-state index contributed by atoms with van der Waals surface area (Å²) in [6.45, 7) is 4.01. The van der Waals surface area contributed by atoms with Crippen molar-refractivity contribution in [3.8, 4) is 5.75 Å². The van der Waals surface area contributed by atoms with Gasteiger partial charge in [-0.1, -0.05) is 32.8 Å². The average molecular weight is 540 g/mol. The molecular formula is C24H30FN3O8S. The number of carbonyl (C=O) groups is 3. The Balaban J connectivity index is 1.58. The number of ether oxygens (including phenoxy) is 2. The number of hydrogen-bond donors (Lipinski definition) is 2. The van der Waals surface area contributed by atoms with Crippen LogP contribution in [0.4, 0.5) is 14.9 Å². The van der Waals surface area contributed by atoms with Crippen LogP contribution in [0.5, 0.6) is 5.75 Å². The summed E-state index contributed by atoms with van der Waals surface area (Å²) in [4.78, 5) is 37.9. The highest BCUT2D eigenvalue weighted by Crippen LogP contribution is 2.40. The number of nitrogens with one attached hydrogen (secondary N) is 1. The Morgan fingerprint density at radius 1 is 1.16 bits per heavy atom. The molecule has 2 fully saturated rings. The fraction of sp³-hybridized carbons (Fsp3) is 0.542. The van der Waals surface area contributed by atoms with E-state index < -0.39 is 70.2 Å². The smallest absolute Gasteiger partial charge is 0.413 e. The number of esters is 1. The molecule has 0 spiro atoms. The van der Waals surface area contributed by atoms with Gasteiger partial charge in [-0.3, -0.25) is 14.5 Å². The van der Waals surface area contributed by atoms with E-state index in [1.54, 1.807) is 24.6 Å². The summed E-state index contributed by atoms with van der Waals surface area (Å²) in [5.74, 6) is -2.89. The second-order valence-electron chi connectivity index (χ2n) is 9.78. The molecule has 13 heteroatoms. The Morgan fingerprint density at radius 3 is 2.46 bits per heavy atom. The summed E-state index contributed by atoms with van der Waals surface area (Å²) in [6, 6.07) is 2.00. The highest BCUT2D eigenvalue weighted by atomic mass is 32.2. The third-order valence-corrected chi connectivity index (χ3v) is 7.84. The molecule has 2 atom stereocenters. The SMILES string of the molecule is CC(C)C(=O)O[C@@H](C)OC(=O)N1CC(c2ccc(O)c(N3CC(=O)NS3(=O)=O)c2F)=C[C@H]1CCC1CC1. The number of phenolic OH excluding ortho intramolecular Hbond substituents is 1. The number of rotatable bonds is 8. The second kappa shape index (κ2) is 10.2. The predicted octanol–water partition coefficient (Wildman–Crippen LogP) is 2.65. The summed E-state index contributed by atoms with van der Waals surface area (Å²) in [5.41, 5.74) is -0.283. The molecule has 2 amide bonds. The molecule has 0 radical (unpaired) electrons. The molecule has 1 saturated heterocycles. The van der Waals surface area contributed by atoms with Crippen LogP contribution in [0.1, 0.15) is 52.0 Å². The summed E-state index contributed by atoms with van der Waals surface area (Å²) in [5, 5.41) is 10.3. The van der Waals surface area contributed by atoms with E-state index in [0.717, 1.165) is 25.3 Å². The Labute approximate surface area is 214 Å². The summed E-state index contributed by atoms with van der Waals surface area (Å²) in [6.07, 6.45) is 3.54. The van der Waals surface area contributed by atoms with Gasteiger partial charge < -0.3 is 14.6 Å². The van der Waals surface area contributed by atoms with E-state index in [4.69, 9.17) is 9.47 Å². The standard InChI is InChI=1S/C24H30FN3O8S/c1-13(2)23(31)35-14(3)36-24(32)27-11-16(10-17(27)7-6-15-4-5-15)18-8-9-19(29)22(21(18)25)28-12-20(30)26-37(28,33)34/h8-10,13-15,17,29H,4-7,11-12H2,1-3H3,(H,26,30)/t14-,17-/m1/s1. The number of carbonyl (C=O) groups excluding carboxylic acids is 3. The zero-order valence-corrected chi connectivity index (χ0v) is 21.6. The van der Waals surface area contributed by atoms with Crippen LogP contribution in [0.3, 0.4) is 0 Å². The van der Waals surface area contributed by atoms with Gasteiger partial charge in [-0.15, -0.1) is 0 Å². The molecule has 2 heterocycles. The van der Waals surface area contributed by atoms with Crippen molar-refractivity contribution in [2.24, 2.45) is 11.8 Å². The van der Waals surface area contributed by atoms with Crippen molar-refractivity contribution in [1.82, 2.24) is 9.62 Å². The lowest BCUT2D eigenvalue weighted by Crippen LogP contribution is -2.39. The van der Waals surface area contributed by atoms with Crippen molar-refractivity contribution in [3.05, 3.63) is 29.6 Å². The first-order valence-corrected chi connectivity index (χ1v) is 13.5. The van der Waals surface area contributed by atoms with E-state index in [-0.39, 0.29) is 12.1 Å². The number of amides is 2. The van der Waals surface area contributed by atoms with Crippen molar-refractivity contribution >= 4 is 39.4 Å². The first kappa shape index (κ1) is 26.7. The molecule has 1 aromatic rings. The van der Waals surface area contributed by atoms with E-state index >= 15 is 4.39 Å². The van der Waals surface area contributed by atoms with Crippen molar-refractivity contribution in [2.75, 3.05) is 17.4 Å². The topological polar surface area (TPSA) is 143 Å². The van der Waals surface area contributed by atoms with Gasteiger partial charge in [-0.25, -0.2) is 18.2 Å². The zero-order chi connectivity index (χ0) is 27.1. The molecule has 11 nitrogen and oxygen atoms in total. The lowest BCUT2D eigenvalue weighted by atomic mass is 10.0. The second-order valence-corrected chi connectivity index (χ2v) is 11.4. The number of phenols is 1. The number of hydrogen-bond acceptors (Lipinski definition) is 8. The molecule has 2 N–H and O–H groups in total. The van der Waals surface area contributed by atoms with Gasteiger partial charge in [0, 0.05) is 12.5 Å². The largest absolute Gasteiger partial charge is 0.506 e. The van der Waals surface area contributed by atoms with Crippen LogP contribution in [0.25, 0.3) is 5.57 Å². The van der Waals surface area contributed by atoms with Gasteiger partial charge >= 0.3 is 22.3 Å². The van der Waals surface area contributed by atoms with Gasteiger partial charge in [-0.2, -0.15) is 8.42 Å². The number of benzene rings is 1. The molecule has 4 rings (SSSR count). The maximum absolute atomic E-state index is 15.7. The predicted molar refractivity (Wildman–Crippen MR) is 130 cm³/mol. The van der Waals surface area contributed by atoms with Gasteiger partial charge in [0.05, 0.1) is 18.5 Å². The van der Waals surface area contributed by atoms with Crippen molar-refractivity contribution in [2.45, 2.75) is 58.8 Å². The van der Waals surface area contributed by atoms with Gasteiger partial charge in [0.25, 0.3) is 5.91 Å². The van der Waals surface area contributed by atoms with E-state index in [2.05, 4.69) is 0 Å². The lowest BCUT2D eigenvalue weighted by Gasteiger charge is -2.26. The fourth-order valence-corrected chi connectivity index (χ4v) is 5.49. The average Bonchev–Trinajstić information content (AvgIpc) is 3.46. The van der Waals surface area contributed by atoms with Gasteiger partial charge in [-0.05, 0) is 36.5 Å². The molecule has 0 aromatic heterocycles. The highest BCUT2D eigenvalue weighted by molar-refractivity contribution is 7.92. The molecule has 202 valence electrons. The molecule has 1 aromatic carbocycles. The number of anilines is 1. The normalized spacial score (nSPS) is 21.6. The minimum Gasteiger partial charge on any atom is -0.506 e. The molecule has 37 heavy (non-hydrogen) atoms. The van der Waals surface area contributed by atoms with Crippen LogP contribution >= 0.6 is 0 Å². The Morgan fingerprint density at radius 2 is 1.86 bits per heavy atom. The van der Waals surface area contributed by atoms with E-state index in [1.165, 1.54) is 17.9 Å². The third-order valence-electron chi connectivity index (χ3n) is 6.47. The summed E-state index contributed by atoms with van der Waals surface area (Å²) in [7, 11) is -4.36. The van der Waals surface area contributed by atoms with Gasteiger partial charge in [0.15, 0.2) is 5.82 Å². The Kier molecular flexibility index (Phi) is 7.36. The fourth-order valence-electron chi connectivity index (χ4n) is 4.32. The molecule has 0 unspecified atom stereocenters. The van der Waals surface area contributed by atoms with Gasteiger partial charge in [0.2, 0.25) is 6.29 Å². The van der Waals surface area contributed by atoms with Crippen molar-refractivity contribution in [1.29, 1.82) is 0 Å². The maximum Gasteiger partial charge on any atom is 0.413 e. The van der Waals surface area contributed by atoms with Crippen LogP contribution in [-0.2, 0) is 29.3 Å². The van der Waals surface area contributed by atoms with E-state index in [0.29, 0.717) is 22.2 Å². The van der Waals surface area contributed by atoms with Crippen molar-refractivity contribution in [3.63, 3.8) is 0 Å². The maximum atomic E-state index is 15.7. The van der Waals surface area contributed by atoms with E-state index in [1.807, 2.05) is 0 Å². The minimum absolute atomic E-state index is 0.0200. The number of aromatic hydroxyl groups is 1. The molecule has 2 aliphatic heterocycles. The number of nitrogens with zero attached hydrogens (tertiary/aromatic N) is 2. The molecular weight excluding hydrogens is 509 g/mol. The molecule has 0 bridgehead atoms. The van der Waals surface area contributed by atoms with Crippen LogP contribution in [0.2, 0.25) is 0 Å². The van der Waals surface area contributed by atoms with Gasteiger partial charge in [0.1, 0.15) is 18.0 Å². The van der Waals surface area contributed by atoms with Crippen LogP contribution in [0, 0.1) is 17.7 Å². The minimum atomic E-state index is -4.36. The quantitative estimate of drug-likeness (QED) is 0.379. The Hall–Kier alpha value is -3.35. The summed E-state index contributed by atoms with van der Waals surface area (Å²) >= 11 is 0. The van der Waals surface area contributed by atoms with Crippen LogP contribution in [0.15, 0.2) is 18.2 Å². The summed E-state index contributed by atoms with van der Waals surface area (Å²) < 4.78 is 52.9. The van der Waals surface area contributed by atoms with E-state index in [9.17, 15) is 27.9 Å². The molecule has 3 aliphatic rings. The highest BCUT2D eigenvalue weighted by Gasteiger charge is 2.39. The number of halogens is 1. The van der Waals surface area contributed by atoms with Crippen LogP contribution in [-0.4, -0.2) is 61.8 Å². The molecule has 1 aliphatic carbocycles. The van der Waals surface area contributed by atoms with Crippen LogP contribution < -0.4 is 9.03 Å². The monoisotopic (exact) mass is 539 g/mol. The first-order chi connectivity index (χ1) is 17.4. The Bertz CT molecular complexity index is 1240. The third kappa shape index (κ3) is 5.81. The molecule has 1 saturated carbocycles. The zero-order valence-electron chi connectivity index (χ0n) is 20.8. The van der Waals surface area contributed by atoms with Crippen molar-refractivity contribution < 1.29 is 41.8 Å². The first-order valence-electron chi connectivity index (χ1n) is 12.1. The lowest BCUT2D eigenvalue weighted by molar-refractivity contribution is -0.169.